The molecule has 0 radical (unpaired) electrons. The van der Waals surface area contributed by atoms with Gasteiger partial charge in [-0.25, -0.2) is 0 Å². The standard InChI is InChI=1S/C11H15BrN2O2/c1-7(2)14-11(15)6-16-10-4-8(12)3-9(13)5-10/h3-5,7H,6,13H2,1-2H3,(H,14,15). The molecule has 88 valence electrons. The van der Waals surface area contributed by atoms with E-state index in [1.54, 1.807) is 18.2 Å². The van der Waals surface area contributed by atoms with E-state index >= 15 is 0 Å². The predicted molar refractivity (Wildman–Crippen MR) is 67.3 cm³/mol. The molecule has 1 aromatic rings. The molecule has 5 heteroatoms. The van der Waals surface area contributed by atoms with Crippen LogP contribution in [0.1, 0.15) is 13.8 Å². The summed E-state index contributed by atoms with van der Waals surface area (Å²) < 4.78 is 6.13. The molecular weight excluding hydrogens is 272 g/mol. The minimum atomic E-state index is -0.145. The van der Waals surface area contributed by atoms with Gasteiger partial charge in [-0.2, -0.15) is 0 Å². The van der Waals surface area contributed by atoms with Crippen LogP contribution in [-0.4, -0.2) is 18.6 Å². The molecule has 0 unspecified atom stereocenters. The van der Waals surface area contributed by atoms with Gasteiger partial charge in [-0.05, 0) is 26.0 Å². The van der Waals surface area contributed by atoms with Gasteiger partial charge in [0.15, 0.2) is 6.61 Å². The summed E-state index contributed by atoms with van der Waals surface area (Å²) in [5.41, 5.74) is 6.23. The molecule has 16 heavy (non-hydrogen) atoms. The van der Waals surface area contributed by atoms with E-state index in [1.807, 2.05) is 13.8 Å². The fraction of sp³-hybridized carbons (Fsp3) is 0.364. The third kappa shape index (κ3) is 4.53. The summed E-state index contributed by atoms with van der Waals surface area (Å²) in [6.07, 6.45) is 0. The first-order valence-electron chi connectivity index (χ1n) is 4.95. The van der Waals surface area contributed by atoms with Crippen LogP contribution in [0.15, 0.2) is 22.7 Å². The van der Waals surface area contributed by atoms with Crippen LogP contribution in [0.5, 0.6) is 5.75 Å². The smallest absolute Gasteiger partial charge is 0.258 e. The van der Waals surface area contributed by atoms with Gasteiger partial charge in [-0.1, -0.05) is 15.9 Å². The van der Waals surface area contributed by atoms with Gasteiger partial charge in [0.1, 0.15) is 5.75 Å². The Morgan fingerprint density at radius 3 is 2.75 bits per heavy atom. The number of hydrogen-bond donors (Lipinski definition) is 2. The first kappa shape index (κ1) is 12.8. The van der Waals surface area contributed by atoms with Crippen molar-refractivity contribution in [1.82, 2.24) is 5.32 Å². The Bertz CT molecular complexity index is 360. The first-order valence-corrected chi connectivity index (χ1v) is 5.75. The van der Waals surface area contributed by atoms with Crippen LogP contribution in [0, 0.1) is 0 Å². The number of carbonyl (C=O) groups excluding carboxylic acids is 1. The molecule has 0 atom stereocenters. The Balaban J connectivity index is 2.51. The van der Waals surface area contributed by atoms with Crippen molar-refractivity contribution in [2.45, 2.75) is 19.9 Å². The first-order chi connectivity index (χ1) is 7.47. The maximum atomic E-state index is 11.3. The van der Waals surface area contributed by atoms with Gasteiger partial charge in [0.25, 0.3) is 5.91 Å². The summed E-state index contributed by atoms with van der Waals surface area (Å²) >= 11 is 3.30. The minimum Gasteiger partial charge on any atom is -0.484 e. The van der Waals surface area contributed by atoms with Gasteiger partial charge in [-0.3, -0.25) is 4.79 Å². The number of hydrogen-bond acceptors (Lipinski definition) is 3. The van der Waals surface area contributed by atoms with Crippen LogP contribution in [0.3, 0.4) is 0 Å². The second-order valence-corrected chi connectivity index (χ2v) is 4.65. The van der Waals surface area contributed by atoms with Crippen molar-refractivity contribution in [1.29, 1.82) is 0 Å². The van der Waals surface area contributed by atoms with Crippen LogP contribution in [0.4, 0.5) is 5.69 Å². The Morgan fingerprint density at radius 1 is 1.50 bits per heavy atom. The molecule has 3 N–H and O–H groups in total. The zero-order valence-electron chi connectivity index (χ0n) is 9.29. The van der Waals surface area contributed by atoms with Crippen LogP contribution in [0.25, 0.3) is 0 Å². The molecule has 4 nitrogen and oxygen atoms in total. The Hall–Kier alpha value is -1.23. The number of amides is 1. The van der Waals surface area contributed by atoms with Gasteiger partial charge >= 0.3 is 0 Å². The molecule has 0 aliphatic carbocycles. The maximum Gasteiger partial charge on any atom is 0.258 e. The normalized spacial score (nSPS) is 10.2. The second-order valence-electron chi connectivity index (χ2n) is 3.73. The fourth-order valence-electron chi connectivity index (χ4n) is 1.18. The van der Waals surface area contributed by atoms with E-state index in [2.05, 4.69) is 21.2 Å². The summed E-state index contributed by atoms with van der Waals surface area (Å²) in [5, 5.41) is 2.74. The lowest BCUT2D eigenvalue weighted by Crippen LogP contribution is -2.34. The van der Waals surface area contributed by atoms with E-state index in [1.165, 1.54) is 0 Å². The maximum absolute atomic E-state index is 11.3. The molecule has 0 bridgehead atoms. The van der Waals surface area contributed by atoms with Gasteiger partial charge in [0.05, 0.1) is 0 Å². The van der Waals surface area contributed by atoms with Crippen molar-refractivity contribution in [3.63, 3.8) is 0 Å². The zero-order chi connectivity index (χ0) is 12.1. The van der Waals surface area contributed by atoms with Crippen LogP contribution < -0.4 is 15.8 Å². The monoisotopic (exact) mass is 286 g/mol. The number of halogens is 1. The van der Waals surface area contributed by atoms with Crippen LogP contribution in [0.2, 0.25) is 0 Å². The third-order valence-corrected chi connectivity index (χ3v) is 2.17. The van der Waals surface area contributed by atoms with Crippen molar-refractivity contribution in [2.24, 2.45) is 0 Å². The lowest BCUT2D eigenvalue weighted by Gasteiger charge is -2.10. The number of nitrogens with two attached hydrogens (primary N) is 1. The largest absolute Gasteiger partial charge is 0.484 e. The summed E-state index contributed by atoms with van der Waals surface area (Å²) in [5.74, 6) is 0.430. The average molecular weight is 287 g/mol. The highest BCUT2D eigenvalue weighted by molar-refractivity contribution is 9.10. The molecule has 0 aliphatic rings. The number of ether oxygens (including phenoxy) is 1. The molecule has 0 saturated heterocycles. The lowest BCUT2D eigenvalue weighted by molar-refractivity contribution is -0.123. The van der Waals surface area contributed by atoms with E-state index in [0.29, 0.717) is 11.4 Å². The second kappa shape index (κ2) is 5.75. The van der Waals surface area contributed by atoms with Crippen molar-refractivity contribution in [2.75, 3.05) is 12.3 Å². The fourth-order valence-corrected chi connectivity index (χ4v) is 1.67. The van der Waals surface area contributed by atoms with E-state index in [0.717, 1.165) is 4.47 Å². The van der Waals surface area contributed by atoms with Crippen molar-refractivity contribution in [3.05, 3.63) is 22.7 Å². The highest BCUT2D eigenvalue weighted by Crippen LogP contribution is 2.22. The summed E-state index contributed by atoms with van der Waals surface area (Å²) in [4.78, 5) is 11.3. The van der Waals surface area contributed by atoms with Gasteiger partial charge in [0.2, 0.25) is 0 Å². The van der Waals surface area contributed by atoms with Crippen LogP contribution >= 0.6 is 15.9 Å². The molecule has 0 fully saturated rings. The topological polar surface area (TPSA) is 64.3 Å². The lowest BCUT2D eigenvalue weighted by atomic mass is 10.3. The van der Waals surface area contributed by atoms with E-state index < -0.39 is 0 Å². The summed E-state index contributed by atoms with van der Waals surface area (Å²) in [6, 6.07) is 5.32. The Morgan fingerprint density at radius 2 is 2.19 bits per heavy atom. The minimum absolute atomic E-state index is 0.00588. The molecule has 0 spiro atoms. The number of carbonyl (C=O) groups is 1. The predicted octanol–water partition coefficient (Wildman–Crippen LogP) is 1.93. The summed E-state index contributed by atoms with van der Waals surface area (Å²) in [6.45, 7) is 3.79. The van der Waals surface area contributed by atoms with Crippen molar-refractivity contribution >= 4 is 27.5 Å². The summed E-state index contributed by atoms with van der Waals surface area (Å²) in [7, 11) is 0. The third-order valence-electron chi connectivity index (χ3n) is 1.71. The van der Waals surface area contributed by atoms with E-state index in [9.17, 15) is 4.79 Å². The van der Waals surface area contributed by atoms with Crippen LogP contribution in [-0.2, 0) is 4.79 Å². The van der Waals surface area contributed by atoms with Gasteiger partial charge in [0, 0.05) is 22.3 Å². The zero-order valence-corrected chi connectivity index (χ0v) is 10.9. The molecule has 0 aliphatic heterocycles. The highest BCUT2D eigenvalue weighted by Gasteiger charge is 2.05. The molecule has 1 rings (SSSR count). The Kier molecular flexibility index (Phi) is 4.61. The molecule has 0 aromatic heterocycles. The van der Waals surface area contributed by atoms with Crippen molar-refractivity contribution < 1.29 is 9.53 Å². The molecule has 0 heterocycles. The van der Waals surface area contributed by atoms with Crippen molar-refractivity contribution in [3.8, 4) is 5.75 Å². The number of nitrogen functional groups attached to an aromatic ring is 1. The average Bonchev–Trinajstić information content (AvgIpc) is 2.12. The number of anilines is 1. The van der Waals surface area contributed by atoms with E-state index in [4.69, 9.17) is 10.5 Å². The number of nitrogens with one attached hydrogen (secondary N) is 1. The quantitative estimate of drug-likeness (QED) is 0.832. The molecular formula is C11H15BrN2O2. The SMILES string of the molecule is CC(C)NC(=O)COc1cc(N)cc(Br)c1. The molecule has 1 aromatic carbocycles. The van der Waals surface area contributed by atoms with Gasteiger partial charge < -0.3 is 15.8 Å². The number of benzene rings is 1. The molecule has 0 saturated carbocycles. The highest BCUT2D eigenvalue weighted by atomic mass is 79.9. The Labute approximate surface area is 103 Å². The molecule has 1 amide bonds. The van der Waals surface area contributed by atoms with Gasteiger partial charge in [-0.15, -0.1) is 0 Å². The van der Waals surface area contributed by atoms with E-state index in [-0.39, 0.29) is 18.6 Å². The number of rotatable bonds is 4.